The lowest BCUT2D eigenvalue weighted by molar-refractivity contribution is -0.148. The minimum atomic E-state index is -0.511. The maximum atomic E-state index is 13.2. The van der Waals surface area contributed by atoms with Crippen molar-refractivity contribution in [1.82, 2.24) is 19.7 Å². The van der Waals surface area contributed by atoms with Crippen LogP contribution in [0, 0.1) is 17.8 Å². The Hall–Kier alpha value is -2.58. The highest BCUT2D eigenvalue weighted by atomic mass is 16.5. The highest BCUT2D eigenvalue weighted by Gasteiger charge is 2.56. The molecule has 7 aliphatic rings. The maximum Gasteiger partial charge on any atom is 0.290 e. The number of morpholine rings is 1. The van der Waals surface area contributed by atoms with E-state index in [1.54, 1.807) is 4.90 Å². The zero-order chi connectivity index (χ0) is 23.5. The van der Waals surface area contributed by atoms with Crippen molar-refractivity contribution in [3.05, 3.63) is 29.2 Å². The first-order valence-corrected chi connectivity index (χ1v) is 13.2. The summed E-state index contributed by atoms with van der Waals surface area (Å²) < 4.78 is 7.78. The van der Waals surface area contributed by atoms with Crippen LogP contribution in [0.4, 0.5) is 0 Å². The number of allylic oxidation sites excluding steroid dienone is 1. The summed E-state index contributed by atoms with van der Waals surface area (Å²) in [4.78, 5) is 32.6. The lowest BCUT2D eigenvalue weighted by Gasteiger charge is -2.58. The first kappa shape index (κ1) is 20.6. The molecule has 3 unspecified atom stereocenters. The maximum absolute atomic E-state index is 13.2. The Labute approximate surface area is 203 Å². The van der Waals surface area contributed by atoms with E-state index in [0.717, 1.165) is 67.1 Å². The molecule has 5 aliphatic carbocycles. The van der Waals surface area contributed by atoms with Crippen LogP contribution >= 0.6 is 0 Å². The summed E-state index contributed by atoms with van der Waals surface area (Å²) in [5, 5.41) is 17.1. The van der Waals surface area contributed by atoms with Crippen LogP contribution < -0.4 is 0 Å². The molecule has 1 amide bonds. The van der Waals surface area contributed by atoms with Gasteiger partial charge in [-0.25, -0.2) is 0 Å². The molecule has 2 aliphatic heterocycles. The van der Waals surface area contributed by atoms with Gasteiger partial charge in [-0.05, 0) is 56.3 Å². The van der Waals surface area contributed by atoms with Gasteiger partial charge < -0.3 is 14.7 Å². The summed E-state index contributed by atoms with van der Waals surface area (Å²) in [5.41, 5.74) is 3.34. The predicted octanol–water partition coefficient (Wildman–Crippen LogP) is 2.22. The molecule has 4 saturated carbocycles. The van der Waals surface area contributed by atoms with E-state index in [4.69, 9.17) is 14.8 Å². The van der Waals surface area contributed by atoms with E-state index in [9.17, 15) is 14.7 Å². The third-order valence-electron chi connectivity index (χ3n) is 9.74. The number of nitrogens with zero attached hydrogens (tertiary/aromatic N) is 4. The molecule has 4 heterocycles. The summed E-state index contributed by atoms with van der Waals surface area (Å²) in [6.07, 6.45) is 12.7. The van der Waals surface area contributed by atoms with Crippen molar-refractivity contribution in [1.29, 1.82) is 0 Å². The second kappa shape index (κ2) is 7.01. The number of carbonyl (C=O) groups excluding carboxylic acids is 2. The number of ether oxygens (including phenoxy) is 1. The Kier molecular flexibility index (Phi) is 4.12. The molecule has 1 N–H and O–H groups in total. The fraction of sp³-hybridized carbons (Fsp3) is 0.630. The molecule has 2 saturated heterocycles. The summed E-state index contributed by atoms with van der Waals surface area (Å²) >= 11 is 0. The topological polar surface area (TPSA) is 97.6 Å². The van der Waals surface area contributed by atoms with Crippen molar-refractivity contribution in [2.75, 3.05) is 13.2 Å². The number of ketones is 1. The SMILES string of the molecule is O=C(Cc1nn(C2[C@@H]3CC4C[C@H]2CC(O)(C4)C3)c2c3c(ncc12)CC=C3)C(=O)N1C[C@H]2C[C@@H]1CO2. The molecule has 2 aromatic heterocycles. The Morgan fingerprint density at radius 2 is 2.00 bits per heavy atom. The number of pyridine rings is 1. The average molecular weight is 475 g/mol. The summed E-state index contributed by atoms with van der Waals surface area (Å²) in [6, 6.07) is 0.250. The molecule has 2 aromatic rings. The number of likely N-dealkylation sites (tertiary alicyclic amines) is 1. The van der Waals surface area contributed by atoms with Crippen molar-refractivity contribution < 1.29 is 19.4 Å². The summed E-state index contributed by atoms with van der Waals surface area (Å²) in [7, 11) is 0. The van der Waals surface area contributed by atoms with Gasteiger partial charge in [0, 0.05) is 30.1 Å². The Morgan fingerprint density at radius 3 is 2.71 bits per heavy atom. The molecule has 8 heteroatoms. The number of rotatable bonds is 4. The van der Waals surface area contributed by atoms with E-state index < -0.39 is 17.3 Å². The van der Waals surface area contributed by atoms with Crippen molar-refractivity contribution in [2.45, 2.75) is 75.2 Å². The molecule has 8 nitrogen and oxygen atoms in total. The number of carbonyl (C=O) groups is 2. The molecular weight excluding hydrogens is 444 g/mol. The summed E-state index contributed by atoms with van der Waals surface area (Å²) in [6.45, 7) is 1.04. The Bertz CT molecular complexity index is 1300. The fourth-order valence-electron chi connectivity index (χ4n) is 8.61. The highest BCUT2D eigenvalue weighted by Crippen LogP contribution is 2.60. The average Bonchev–Trinajstić information content (AvgIpc) is 3.60. The van der Waals surface area contributed by atoms with Crippen molar-refractivity contribution in [3.63, 3.8) is 0 Å². The van der Waals surface area contributed by atoms with E-state index in [-0.39, 0.29) is 24.6 Å². The normalized spacial score (nSPS) is 38.1. The Morgan fingerprint density at radius 1 is 1.17 bits per heavy atom. The van der Waals surface area contributed by atoms with Crippen LogP contribution in [0.5, 0.6) is 0 Å². The van der Waals surface area contributed by atoms with Gasteiger partial charge >= 0.3 is 0 Å². The lowest BCUT2D eigenvalue weighted by Crippen LogP contribution is -2.55. The minimum absolute atomic E-state index is 0.00409. The molecule has 0 radical (unpaired) electrons. The number of hydrogen-bond acceptors (Lipinski definition) is 6. The van der Waals surface area contributed by atoms with Gasteiger partial charge in [-0.3, -0.25) is 19.3 Å². The minimum Gasteiger partial charge on any atom is -0.390 e. The zero-order valence-corrected chi connectivity index (χ0v) is 19.7. The quantitative estimate of drug-likeness (QED) is 0.683. The largest absolute Gasteiger partial charge is 0.390 e. The molecule has 6 bridgehead atoms. The third-order valence-corrected chi connectivity index (χ3v) is 9.74. The number of aliphatic hydroxyl groups is 1. The smallest absolute Gasteiger partial charge is 0.290 e. The number of aromatic nitrogens is 3. The molecule has 6 fully saturated rings. The van der Waals surface area contributed by atoms with E-state index in [2.05, 4.69) is 16.8 Å². The van der Waals surface area contributed by atoms with Crippen LogP contribution in [0.15, 0.2) is 12.3 Å². The summed E-state index contributed by atoms with van der Waals surface area (Å²) in [5.74, 6) is 0.595. The van der Waals surface area contributed by atoms with Gasteiger partial charge in [0.05, 0.1) is 53.7 Å². The highest BCUT2D eigenvalue weighted by molar-refractivity contribution is 6.36. The lowest BCUT2D eigenvalue weighted by atomic mass is 9.52. The zero-order valence-electron chi connectivity index (χ0n) is 19.7. The molecule has 7 atom stereocenters. The predicted molar refractivity (Wildman–Crippen MR) is 126 cm³/mol. The van der Waals surface area contributed by atoms with E-state index in [1.165, 1.54) is 0 Å². The van der Waals surface area contributed by atoms with Crippen molar-refractivity contribution in [3.8, 4) is 0 Å². The van der Waals surface area contributed by atoms with E-state index >= 15 is 0 Å². The van der Waals surface area contributed by atoms with Gasteiger partial charge in [0.1, 0.15) is 0 Å². The van der Waals surface area contributed by atoms with E-state index in [1.807, 2.05) is 6.20 Å². The van der Waals surface area contributed by atoms with Crippen LogP contribution in [0.3, 0.4) is 0 Å². The van der Waals surface area contributed by atoms with Gasteiger partial charge in [-0.15, -0.1) is 0 Å². The van der Waals surface area contributed by atoms with Crippen LogP contribution in [0.1, 0.15) is 61.5 Å². The van der Waals surface area contributed by atoms with Gasteiger partial charge in [-0.2, -0.15) is 5.10 Å². The molecule has 9 rings (SSSR count). The van der Waals surface area contributed by atoms with E-state index in [0.29, 0.717) is 36.6 Å². The standard InChI is InChI=1S/C27H30N4O4/c32-23(26(33)30-12-18-6-17(30)13-35-18)7-22-20-11-28-21-3-1-2-19(21)25(20)31(29-22)24-15-4-14-5-16(24)10-27(34,8-14)9-15/h1-2,11,14-18,24,34H,3-10,12-13H2/t14?,15-,16+,17-,18-,24?,27?/m1/s1. The van der Waals surface area contributed by atoms with Crippen molar-refractivity contribution >= 4 is 28.7 Å². The van der Waals surface area contributed by atoms with Gasteiger partial charge in [0.2, 0.25) is 5.78 Å². The Balaban J connectivity index is 1.18. The number of hydrogen-bond donors (Lipinski definition) is 1. The number of Topliss-reactive ketones (excluding diaryl/α,β-unsaturated/α-hetero) is 1. The molecule has 0 aromatic carbocycles. The number of amides is 1. The first-order chi connectivity index (χ1) is 17.0. The molecule has 182 valence electrons. The number of fused-ring (bicyclic) bond motifs is 5. The molecular formula is C27H30N4O4. The molecule has 0 spiro atoms. The van der Waals surface area contributed by atoms with Gasteiger partial charge in [0.15, 0.2) is 0 Å². The fourth-order valence-corrected chi connectivity index (χ4v) is 8.61. The van der Waals surface area contributed by atoms with Crippen LogP contribution in [-0.4, -0.2) is 67.4 Å². The first-order valence-electron chi connectivity index (χ1n) is 13.2. The van der Waals surface area contributed by atoms with Crippen LogP contribution in [0.25, 0.3) is 17.0 Å². The van der Waals surface area contributed by atoms with Crippen LogP contribution in [-0.2, 0) is 27.2 Å². The third kappa shape index (κ3) is 2.93. The van der Waals surface area contributed by atoms with Gasteiger partial charge in [-0.1, -0.05) is 12.2 Å². The van der Waals surface area contributed by atoms with Crippen LogP contribution in [0.2, 0.25) is 0 Å². The monoisotopic (exact) mass is 474 g/mol. The molecule has 35 heavy (non-hydrogen) atoms. The van der Waals surface area contributed by atoms with Crippen molar-refractivity contribution in [2.24, 2.45) is 17.8 Å². The second-order valence-electron chi connectivity index (χ2n) is 12.0. The van der Waals surface area contributed by atoms with Gasteiger partial charge in [0.25, 0.3) is 5.91 Å². The second-order valence-corrected chi connectivity index (χ2v) is 12.0.